The highest BCUT2D eigenvalue weighted by Crippen LogP contribution is 2.29. The molecule has 2 N–H and O–H groups in total. The van der Waals surface area contributed by atoms with Crippen LogP contribution >= 0.6 is 50.9 Å². The molecule has 5 nitrogen and oxygen atoms in total. The number of halogens is 3. The molecule has 0 aliphatic rings. The molecule has 0 fully saturated rings. The van der Waals surface area contributed by atoms with Gasteiger partial charge in [-0.2, -0.15) is 0 Å². The summed E-state index contributed by atoms with van der Waals surface area (Å²) in [5.74, 6) is 0.430. The molecule has 0 bridgehead atoms. The SMILES string of the molecule is CC(Sc1n[nH]c(-c2ccccc2Br)n1)C(=O)Nc1ccc(Cl)cc1Cl. The minimum Gasteiger partial charge on any atom is -0.324 e. The number of carbonyl (C=O) groups excluding carboxylic acids is 1. The van der Waals surface area contributed by atoms with Crippen LogP contribution in [0, 0.1) is 0 Å². The van der Waals surface area contributed by atoms with Crippen LogP contribution in [0.3, 0.4) is 0 Å². The van der Waals surface area contributed by atoms with Gasteiger partial charge in [0.05, 0.1) is 16.0 Å². The number of rotatable bonds is 5. The second-order valence-corrected chi connectivity index (χ2v) is 8.33. The molecule has 0 spiro atoms. The molecule has 134 valence electrons. The number of hydrogen-bond acceptors (Lipinski definition) is 4. The van der Waals surface area contributed by atoms with Crippen LogP contribution in [0.4, 0.5) is 5.69 Å². The van der Waals surface area contributed by atoms with E-state index in [4.69, 9.17) is 23.2 Å². The number of anilines is 1. The molecule has 26 heavy (non-hydrogen) atoms. The van der Waals surface area contributed by atoms with E-state index in [2.05, 4.69) is 36.4 Å². The van der Waals surface area contributed by atoms with Crippen molar-refractivity contribution in [1.82, 2.24) is 15.2 Å². The summed E-state index contributed by atoms with van der Waals surface area (Å²) in [4.78, 5) is 16.8. The second-order valence-electron chi connectivity index (χ2n) is 5.32. The lowest BCUT2D eigenvalue weighted by atomic mass is 10.2. The van der Waals surface area contributed by atoms with E-state index in [9.17, 15) is 4.79 Å². The van der Waals surface area contributed by atoms with Gasteiger partial charge < -0.3 is 5.32 Å². The monoisotopic (exact) mass is 470 g/mol. The zero-order valence-electron chi connectivity index (χ0n) is 13.5. The lowest BCUT2D eigenvalue weighted by molar-refractivity contribution is -0.115. The molecule has 1 amide bonds. The maximum atomic E-state index is 12.4. The lowest BCUT2D eigenvalue weighted by Crippen LogP contribution is -2.22. The second kappa shape index (κ2) is 8.43. The van der Waals surface area contributed by atoms with Gasteiger partial charge in [0.25, 0.3) is 0 Å². The first-order valence-electron chi connectivity index (χ1n) is 7.54. The molecular weight excluding hydrogens is 459 g/mol. The number of aromatic nitrogens is 3. The Hall–Kier alpha value is -1.54. The summed E-state index contributed by atoms with van der Waals surface area (Å²) >= 11 is 16.7. The summed E-state index contributed by atoms with van der Waals surface area (Å²) in [6, 6.07) is 12.6. The van der Waals surface area contributed by atoms with Crippen molar-refractivity contribution in [3.63, 3.8) is 0 Å². The van der Waals surface area contributed by atoms with Crippen molar-refractivity contribution in [3.8, 4) is 11.4 Å². The zero-order chi connectivity index (χ0) is 18.7. The Morgan fingerprint density at radius 1 is 1.27 bits per heavy atom. The molecule has 9 heteroatoms. The highest BCUT2D eigenvalue weighted by atomic mass is 79.9. The van der Waals surface area contributed by atoms with Gasteiger partial charge in [-0.05, 0) is 31.2 Å². The van der Waals surface area contributed by atoms with Crippen molar-refractivity contribution in [2.75, 3.05) is 5.32 Å². The minimum atomic E-state index is -0.412. The fourth-order valence-corrected chi connectivity index (χ4v) is 3.76. The fraction of sp³-hybridized carbons (Fsp3) is 0.118. The molecule has 1 atom stereocenters. The summed E-state index contributed by atoms with van der Waals surface area (Å²) < 4.78 is 0.913. The van der Waals surface area contributed by atoms with Crippen LogP contribution in [0.25, 0.3) is 11.4 Å². The average molecular weight is 472 g/mol. The van der Waals surface area contributed by atoms with Crippen LogP contribution in [0.5, 0.6) is 0 Å². The third-order valence-electron chi connectivity index (χ3n) is 3.43. The third-order valence-corrected chi connectivity index (χ3v) is 5.63. The number of H-pyrrole nitrogens is 1. The first-order valence-corrected chi connectivity index (χ1v) is 9.97. The number of aromatic amines is 1. The summed E-state index contributed by atoms with van der Waals surface area (Å²) in [5, 5.41) is 10.8. The Labute approximate surface area is 173 Å². The predicted octanol–water partition coefficient (Wildman–Crippen LogP) is 5.66. The first kappa shape index (κ1) is 19.2. The number of amides is 1. The van der Waals surface area contributed by atoms with E-state index in [0.717, 1.165) is 10.0 Å². The molecule has 3 aromatic rings. The summed E-state index contributed by atoms with van der Waals surface area (Å²) in [6.45, 7) is 1.78. The maximum absolute atomic E-state index is 12.4. The Morgan fingerprint density at radius 3 is 2.77 bits per heavy atom. The number of nitrogens with zero attached hydrogens (tertiary/aromatic N) is 2. The topological polar surface area (TPSA) is 70.7 Å². The minimum absolute atomic E-state index is 0.202. The molecule has 0 saturated carbocycles. The molecule has 3 rings (SSSR count). The Balaban J connectivity index is 1.67. The van der Waals surface area contributed by atoms with Crippen LogP contribution in [-0.2, 0) is 4.79 Å². The van der Waals surface area contributed by atoms with Gasteiger partial charge in [-0.25, -0.2) is 4.98 Å². The zero-order valence-corrected chi connectivity index (χ0v) is 17.4. The van der Waals surface area contributed by atoms with Gasteiger partial charge in [-0.1, -0.05) is 69.1 Å². The normalized spacial score (nSPS) is 12.0. The van der Waals surface area contributed by atoms with Gasteiger partial charge in [0.2, 0.25) is 11.1 Å². The van der Waals surface area contributed by atoms with E-state index >= 15 is 0 Å². The van der Waals surface area contributed by atoms with Crippen LogP contribution in [0.1, 0.15) is 6.92 Å². The molecular formula is C17H13BrCl2N4OS. The van der Waals surface area contributed by atoms with Crippen molar-refractivity contribution in [3.05, 3.63) is 57.0 Å². The quantitative estimate of drug-likeness (QED) is 0.471. The summed E-state index contributed by atoms with van der Waals surface area (Å²) in [7, 11) is 0. The van der Waals surface area contributed by atoms with Gasteiger partial charge in [0.1, 0.15) is 0 Å². The number of benzene rings is 2. The van der Waals surface area contributed by atoms with E-state index in [1.807, 2.05) is 24.3 Å². The Morgan fingerprint density at radius 2 is 2.04 bits per heavy atom. The lowest BCUT2D eigenvalue weighted by Gasteiger charge is -2.11. The van der Waals surface area contributed by atoms with Crippen molar-refractivity contribution >= 4 is 62.5 Å². The van der Waals surface area contributed by atoms with Crippen LogP contribution in [0.2, 0.25) is 10.0 Å². The van der Waals surface area contributed by atoms with Crippen molar-refractivity contribution in [2.24, 2.45) is 0 Å². The molecule has 1 unspecified atom stereocenters. The van der Waals surface area contributed by atoms with E-state index in [-0.39, 0.29) is 5.91 Å². The Bertz CT molecular complexity index is 950. The van der Waals surface area contributed by atoms with Gasteiger partial charge in [0.15, 0.2) is 5.82 Å². The smallest absolute Gasteiger partial charge is 0.237 e. The van der Waals surface area contributed by atoms with Gasteiger partial charge >= 0.3 is 0 Å². The van der Waals surface area contributed by atoms with E-state index < -0.39 is 5.25 Å². The predicted molar refractivity (Wildman–Crippen MR) is 110 cm³/mol. The number of thioether (sulfide) groups is 1. The largest absolute Gasteiger partial charge is 0.324 e. The van der Waals surface area contributed by atoms with E-state index in [1.165, 1.54) is 11.8 Å². The highest BCUT2D eigenvalue weighted by molar-refractivity contribution is 9.10. The third kappa shape index (κ3) is 4.59. The molecule has 1 aromatic heterocycles. The first-order chi connectivity index (χ1) is 12.4. The molecule has 2 aromatic carbocycles. The van der Waals surface area contributed by atoms with E-state index in [1.54, 1.807) is 25.1 Å². The highest BCUT2D eigenvalue weighted by Gasteiger charge is 2.19. The number of hydrogen-bond donors (Lipinski definition) is 2. The van der Waals surface area contributed by atoms with Crippen LogP contribution in [-0.4, -0.2) is 26.3 Å². The maximum Gasteiger partial charge on any atom is 0.237 e. The number of nitrogens with one attached hydrogen (secondary N) is 2. The molecule has 0 aliphatic carbocycles. The van der Waals surface area contributed by atoms with E-state index in [0.29, 0.717) is 26.7 Å². The Kier molecular flexibility index (Phi) is 6.24. The standard InChI is InChI=1S/C17H13BrCl2N4OS/c1-9(16(25)21-14-7-6-10(19)8-13(14)20)26-17-22-15(23-24-17)11-4-2-3-5-12(11)18/h2-9H,1H3,(H,21,25)(H,22,23,24). The molecule has 0 aliphatic heterocycles. The van der Waals surface area contributed by atoms with Gasteiger partial charge in [-0.3, -0.25) is 9.89 Å². The molecule has 1 heterocycles. The van der Waals surface area contributed by atoms with Gasteiger partial charge in [-0.15, -0.1) is 5.10 Å². The fourth-order valence-electron chi connectivity index (χ4n) is 2.11. The van der Waals surface area contributed by atoms with Crippen LogP contribution < -0.4 is 5.32 Å². The van der Waals surface area contributed by atoms with Crippen molar-refractivity contribution < 1.29 is 4.79 Å². The summed E-state index contributed by atoms with van der Waals surface area (Å²) in [6.07, 6.45) is 0. The van der Waals surface area contributed by atoms with Crippen LogP contribution in [0.15, 0.2) is 52.1 Å². The summed E-state index contributed by atoms with van der Waals surface area (Å²) in [5.41, 5.74) is 1.41. The van der Waals surface area contributed by atoms with Crippen molar-refractivity contribution in [1.29, 1.82) is 0 Å². The van der Waals surface area contributed by atoms with Crippen molar-refractivity contribution in [2.45, 2.75) is 17.3 Å². The molecule has 0 saturated heterocycles. The average Bonchev–Trinajstić information content (AvgIpc) is 3.06. The number of carbonyl (C=O) groups is 1. The van der Waals surface area contributed by atoms with Gasteiger partial charge in [0, 0.05) is 15.1 Å². The molecule has 0 radical (unpaired) electrons.